The molecule has 3 rings (SSSR count). The molecule has 2 aromatic carbocycles. The molecule has 1 aliphatic rings. The van der Waals surface area contributed by atoms with Gasteiger partial charge in [-0.3, -0.25) is 0 Å². The number of halogens is 2. The molecule has 0 spiro atoms. The Kier molecular flexibility index (Phi) is 6.91. The SMILES string of the molecule is CC1=Cc2cccc(-c3ccc(C(C)(C)C)cc3)c2[CH]1[Zr].Cl.Cl. The van der Waals surface area contributed by atoms with Gasteiger partial charge in [0.15, 0.2) is 0 Å². The van der Waals surface area contributed by atoms with E-state index in [0.717, 1.165) is 0 Å². The fourth-order valence-electron chi connectivity index (χ4n) is 2.99. The molecule has 23 heavy (non-hydrogen) atoms. The van der Waals surface area contributed by atoms with E-state index in [2.05, 4.69) is 76.2 Å². The van der Waals surface area contributed by atoms with E-state index in [4.69, 9.17) is 0 Å². The molecule has 0 radical (unpaired) electrons. The minimum Gasteiger partial charge on any atom is -0.147 e. The topological polar surface area (TPSA) is 0 Å². The second-order valence-electron chi connectivity index (χ2n) is 6.96. The van der Waals surface area contributed by atoms with Gasteiger partial charge in [0.1, 0.15) is 0 Å². The summed E-state index contributed by atoms with van der Waals surface area (Å²) in [6.07, 6.45) is 2.35. The van der Waals surface area contributed by atoms with Gasteiger partial charge in [0.05, 0.1) is 0 Å². The molecule has 0 saturated carbocycles. The first kappa shape index (κ1) is 20.7. The summed E-state index contributed by atoms with van der Waals surface area (Å²) in [6, 6.07) is 15.8. The van der Waals surface area contributed by atoms with Crippen LogP contribution in [0.1, 0.15) is 48.0 Å². The summed E-state index contributed by atoms with van der Waals surface area (Å²) in [4.78, 5) is 0. The van der Waals surface area contributed by atoms with E-state index in [1.165, 1.54) is 33.4 Å². The van der Waals surface area contributed by atoms with Crippen LogP contribution < -0.4 is 0 Å². The summed E-state index contributed by atoms with van der Waals surface area (Å²) in [5, 5.41) is 0. The summed E-state index contributed by atoms with van der Waals surface area (Å²) in [7, 11) is 0. The molecule has 0 aliphatic heterocycles. The normalized spacial score (nSPS) is 16.0. The fraction of sp³-hybridized carbons (Fsp3) is 0.300. The average Bonchev–Trinajstić information content (AvgIpc) is 2.73. The zero-order chi connectivity index (χ0) is 15.2. The minimum absolute atomic E-state index is 0. The van der Waals surface area contributed by atoms with Crippen molar-refractivity contribution in [2.45, 2.75) is 36.7 Å². The van der Waals surface area contributed by atoms with Crippen molar-refractivity contribution in [3.05, 3.63) is 64.7 Å². The first-order valence-electron chi connectivity index (χ1n) is 7.51. The first-order chi connectivity index (χ1) is 9.88. The molecule has 1 aliphatic carbocycles. The molecular formula is C20H23Cl2Zr. The maximum absolute atomic E-state index is 2.35. The second kappa shape index (κ2) is 7.68. The van der Waals surface area contributed by atoms with Crippen molar-refractivity contribution < 1.29 is 24.7 Å². The number of allylic oxidation sites excluding steroid dienone is 1. The molecule has 1 unspecified atom stereocenters. The maximum Gasteiger partial charge on any atom is -0.147 e. The largest absolute Gasteiger partial charge is 0.147 e. The smallest absolute Gasteiger partial charge is 0.147 e. The first-order valence-corrected chi connectivity index (χ1v) is 8.93. The maximum atomic E-state index is 2.35. The molecule has 121 valence electrons. The molecule has 1 atom stereocenters. The van der Waals surface area contributed by atoms with Crippen LogP contribution in [0.4, 0.5) is 0 Å². The van der Waals surface area contributed by atoms with Crippen molar-refractivity contribution >= 4 is 30.9 Å². The third-order valence-electron chi connectivity index (χ3n) is 4.33. The number of hydrogen-bond donors (Lipinski definition) is 0. The Bertz CT molecular complexity index is 709. The van der Waals surface area contributed by atoms with Crippen LogP contribution in [0, 0.1) is 0 Å². The molecule has 0 saturated heterocycles. The van der Waals surface area contributed by atoms with E-state index in [1.807, 2.05) is 0 Å². The Labute approximate surface area is 167 Å². The van der Waals surface area contributed by atoms with Gasteiger partial charge in [-0.1, -0.05) is 0 Å². The standard InChI is InChI=1S/C20H21.2ClH.Zr/c1-14-12-16-6-5-7-18(19(16)13-14)15-8-10-17(11-9-15)20(2,3)4;;;/h5-13H,1-4H3;2*1H;. The molecule has 0 bridgehead atoms. The van der Waals surface area contributed by atoms with E-state index >= 15 is 0 Å². The summed E-state index contributed by atoms with van der Waals surface area (Å²) < 4.78 is 0.616. The van der Waals surface area contributed by atoms with Gasteiger partial charge in [-0.15, -0.1) is 24.8 Å². The van der Waals surface area contributed by atoms with Crippen molar-refractivity contribution in [1.29, 1.82) is 0 Å². The van der Waals surface area contributed by atoms with Crippen molar-refractivity contribution in [1.82, 2.24) is 0 Å². The Hall–Kier alpha value is -0.357. The van der Waals surface area contributed by atoms with Crippen molar-refractivity contribution in [2.75, 3.05) is 0 Å². The van der Waals surface area contributed by atoms with Crippen LogP contribution in [0.5, 0.6) is 0 Å². The predicted octanol–water partition coefficient (Wildman–Crippen LogP) is 6.50. The summed E-state index contributed by atoms with van der Waals surface area (Å²) in [6.45, 7) is 9.05. The van der Waals surface area contributed by atoms with Crippen LogP contribution in [-0.4, -0.2) is 0 Å². The number of rotatable bonds is 1. The van der Waals surface area contributed by atoms with Crippen LogP contribution in [0.3, 0.4) is 0 Å². The van der Waals surface area contributed by atoms with Gasteiger partial charge in [-0.25, -0.2) is 0 Å². The van der Waals surface area contributed by atoms with E-state index < -0.39 is 0 Å². The Morgan fingerprint density at radius 1 is 0.913 bits per heavy atom. The van der Waals surface area contributed by atoms with Crippen LogP contribution in [0.2, 0.25) is 0 Å². The van der Waals surface area contributed by atoms with Gasteiger partial charge in [0, 0.05) is 0 Å². The summed E-state index contributed by atoms with van der Waals surface area (Å²) >= 11 is 1.58. The van der Waals surface area contributed by atoms with E-state index in [9.17, 15) is 0 Å². The Morgan fingerprint density at radius 2 is 1.52 bits per heavy atom. The molecule has 0 heterocycles. The van der Waals surface area contributed by atoms with Crippen LogP contribution in [-0.2, 0) is 30.1 Å². The average molecular weight is 426 g/mol. The predicted molar refractivity (Wildman–Crippen MR) is 101 cm³/mol. The van der Waals surface area contributed by atoms with Gasteiger partial charge in [0.2, 0.25) is 0 Å². The van der Waals surface area contributed by atoms with Crippen molar-refractivity contribution in [2.24, 2.45) is 0 Å². The van der Waals surface area contributed by atoms with Gasteiger partial charge in [-0.05, 0) is 0 Å². The van der Waals surface area contributed by atoms with E-state index in [0.29, 0.717) is 3.63 Å². The Balaban J connectivity index is 0.00000132. The monoisotopic (exact) mass is 423 g/mol. The second-order valence-corrected chi connectivity index (χ2v) is 8.38. The third kappa shape index (κ3) is 4.01. The molecule has 0 amide bonds. The van der Waals surface area contributed by atoms with Crippen molar-refractivity contribution in [3.8, 4) is 11.1 Å². The summed E-state index contributed by atoms with van der Waals surface area (Å²) in [5.74, 6) is 0. The molecular weight excluding hydrogens is 402 g/mol. The zero-order valence-corrected chi connectivity index (χ0v) is 18.1. The molecule has 0 aromatic heterocycles. The number of fused-ring (bicyclic) bond motifs is 1. The molecule has 0 N–H and O–H groups in total. The van der Waals surface area contributed by atoms with Gasteiger partial charge in [0.25, 0.3) is 0 Å². The molecule has 0 fully saturated rings. The molecule has 2 aromatic rings. The zero-order valence-electron chi connectivity index (χ0n) is 14.0. The van der Waals surface area contributed by atoms with Crippen LogP contribution in [0.15, 0.2) is 48.0 Å². The van der Waals surface area contributed by atoms with Gasteiger partial charge < -0.3 is 0 Å². The third-order valence-corrected chi connectivity index (χ3v) is 6.16. The van der Waals surface area contributed by atoms with Crippen LogP contribution in [0.25, 0.3) is 17.2 Å². The van der Waals surface area contributed by atoms with Crippen LogP contribution >= 0.6 is 24.8 Å². The number of benzene rings is 2. The molecule has 3 heteroatoms. The Morgan fingerprint density at radius 3 is 2.09 bits per heavy atom. The minimum atomic E-state index is 0. The number of hydrogen-bond acceptors (Lipinski definition) is 0. The van der Waals surface area contributed by atoms with Gasteiger partial charge >= 0.3 is 143 Å². The molecule has 0 nitrogen and oxygen atoms in total. The van der Waals surface area contributed by atoms with Crippen molar-refractivity contribution in [3.63, 3.8) is 0 Å². The quantitative estimate of drug-likeness (QED) is 0.489. The summed E-state index contributed by atoms with van der Waals surface area (Å²) in [5.41, 5.74) is 8.79. The van der Waals surface area contributed by atoms with Gasteiger partial charge in [-0.2, -0.15) is 0 Å². The van der Waals surface area contributed by atoms with E-state index in [1.54, 1.807) is 24.7 Å². The fourth-order valence-corrected chi connectivity index (χ4v) is 3.99. The van der Waals surface area contributed by atoms with E-state index in [-0.39, 0.29) is 30.2 Å².